The predicted molar refractivity (Wildman–Crippen MR) is 135 cm³/mol. The number of hydrogen-bond acceptors (Lipinski definition) is 3. The summed E-state index contributed by atoms with van der Waals surface area (Å²) in [5.74, 6) is 0. The lowest BCUT2D eigenvalue weighted by atomic mass is 10.1. The van der Waals surface area contributed by atoms with Crippen molar-refractivity contribution in [1.82, 2.24) is 14.5 Å². The maximum atomic E-state index is 5.21. The Labute approximate surface area is 188 Å². The van der Waals surface area contributed by atoms with Crippen LogP contribution in [0.3, 0.4) is 0 Å². The van der Waals surface area contributed by atoms with Crippen LogP contribution in [0.25, 0.3) is 59.1 Å². The largest absolute Gasteiger partial charge is 0.307 e. The Morgan fingerprint density at radius 2 is 1.44 bits per heavy atom. The van der Waals surface area contributed by atoms with Gasteiger partial charge in [0.2, 0.25) is 0 Å². The fraction of sp³-hybridized carbons (Fsp3) is 0. The Bertz CT molecular complexity index is 1760. The number of nitrogens with zero attached hydrogens (tertiary/aromatic N) is 3. The summed E-state index contributed by atoms with van der Waals surface area (Å²) < 4.78 is 4.90. The van der Waals surface area contributed by atoms with Gasteiger partial charge in [-0.1, -0.05) is 54.6 Å². The summed E-state index contributed by atoms with van der Waals surface area (Å²) in [6.45, 7) is 0. The van der Waals surface area contributed by atoms with Crippen LogP contribution >= 0.6 is 11.3 Å². The van der Waals surface area contributed by atoms with Gasteiger partial charge < -0.3 is 4.57 Å². The van der Waals surface area contributed by atoms with E-state index in [1.54, 1.807) is 0 Å². The van der Waals surface area contributed by atoms with Crippen molar-refractivity contribution in [3.8, 4) is 16.9 Å². The maximum Gasteiger partial charge on any atom is 0.0985 e. The van der Waals surface area contributed by atoms with Gasteiger partial charge in [-0.2, -0.15) is 0 Å². The van der Waals surface area contributed by atoms with Crippen molar-refractivity contribution >= 4 is 53.4 Å². The molecule has 0 fully saturated rings. The summed E-state index contributed by atoms with van der Waals surface area (Å²) in [6, 6.07) is 32.0. The monoisotopic (exact) mass is 427 g/mol. The molecule has 4 aromatic heterocycles. The molecule has 0 saturated carbocycles. The van der Waals surface area contributed by atoms with Crippen LogP contribution in [0.4, 0.5) is 0 Å². The lowest BCUT2D eigenvalue weighted by molar-refractivity contribution is 1.15. The second-order valence-corrected chi connectivity index (χ2v) is 8.96. The maximum absolute atomic E-state index is 5.21. The molecule has 7 aromatic rings. The van der Waals surface area contributed by atoms with Crippen LogP contribution in [0, 0.1) is 0 Å². The molecule has 0 aliphatic rings. The Kier molecular flexibility index (Phi) is 3.72. The zero-order valence-corrected chi connectivity index (χ0v) is 17.9. The number of fused-ring (bicyclic) bond motifs is 7. The molecule has 0 amide bonds. The molecule has 32 heavy (non-hydrogen) atoms. The van der Waals surface area contributed by atoms with E-state index in [9.17, 15) is 0 Å². The van der Waals surface area contributed by atoms with E-state index in [0.717, 1.165) is 28.0 Å². The van der Waals surface area contributed by atoms with Gasteiger partial charge in [0, 0.05) is 49.2 Å². The molecule has 0 N–H and O–H groups in total. The third-order valence-electron chi connectivity index (χ3n) is 6.11. The quantitative estimate of drug-likeness (QED) is 0.284. The van der Waals surface area contributed by atoms with Crippen LogP contribution < -0.4 is 0 Å². The summed E-state index contributed by atoms with van der Waals surface area (Å²) in [4.78, 5) is 9.43. The summed E-state index contributed by atoms with van der Waals surface area (Å²) in [5.41, 5.74) is 6.52. The summed E-state index contributed by atoms with van der Waals surface area (Å²) in [7, 11) is 0. The molecule has 0 saturated heterocycles. The first-order valence-corrected chi connectivity index (χ1v) is 11.4. The number of aromatic nitrogens is 3. The van der Waals surface area contributed by atoms with E-state index in [0.29, 0.717) is 0 Å². The number of pyridine rings is 2. The molecule has 0 unspecified atom stereocenters. The predicted octanol–water partition coefficient (Wildman–Crippen LogP) is 7.61. The van der Waals surface area contributed by atoms with E-state index in [1.807, 2.05) is 29.8 Å². The summed E-state index contributed by atoms with van der Waals surface area (Å²) in [6.07, 6.45) is 3.69. The highest BCUT2D eigenvalue weighted by Gasteiger charge is 2.19. The van der Waals surface area contributed by atoms with Gasteiger partial charge in [0.05, 0.1) is 22.2 Å². The molecule has 4 heteroatoms. The van der Waals surface area contributed by atoms with Gasteiger partial charge >= 0.3 is 0 Å². The fourth-order valence-corrected chi connectivity index (χ4v) is 5.93. The fourth-order valence-electron chi connectivity index (χ4n) is 4.68. The van der Waals surface area contributed by atoms with Crippen LogP contribution in [-0.4, -0.2) is 14.5 Å². The number of rotatable bonds is 2. The summed E-state index contributed by atoms with van der Waals surface area (Å²) in [5, 5.41) is 3.81. The Morgan fingerprint density at radius 3 is 2.31 bits per heavy atom. The van der Waals surface area contributed by atoms with Gasteiger partial charge in [-0.25, -0.2) is 4.98 Å². The number of benzene rings is 3. The van der Waals surface area contributed by atoms with Crippen molar-refractivity contribution < 1.29 is 0 Å². The molecule has 0 spiro atoms. The average molecular weight is 428 g/mol. The van der Waals surface area contributed by atoms with Crippen molar-refractivity contribution in [3.05, 3.63) is 103 Å². The zero-order valence-electron chi connectivity index (χ0n) is 17.1. The van der Waals surface area contributed by atoms with Crippen LogP contribution in [-0.2, 0) is 0 Å². The van der Waals surface area contributed by atoms with E-state index in [4.69, 9.17) is 4.98 Å². The number of hydrogen-bond donors (Lipinski definition) is 0. The first kappa shape index (κ1) is 17.6. The minimum Gasteiger partial charge on any atom is -0.307 e. The van der Waals surface area contributed by atoms with Gasteiger partial charge in [0.1, 0.15) is 0 Å². The highest BCUT2D eigenvalue weighted by Crippen LogP contribution is 2.43. The van der Waals surface area contributed by atoms with E-state index in [1.165, 1.54) is 31.1 Å². The van der Waals surface area contributed by atoms with Crippen molar-refractivity contribution in [3.63, 3.8) is 0 Å². The first-order valence-electron chi connectivity index (χ1n) is 10.6. The number of thiophene rings is 1. The summed E-state index contributed by atoms with van der Waals surface area (Å²) >= 11 is 1.85. The lowest BCUT2D eigenvalue weighted by Crippen LogP contribution is -1.94. The first-order chi connectivity index (χ1) is 15.9. The van der Waals surface area contributed by atoms with Crippen molar-refractivity contribution in [2.24, 2.45) is 0 Å². The average Bonchev–Trinajstić information content (AvgIpc) is 3.40. The van der Waals surface area contributed by atoms with Crippen LogP contribution in [0.2, 0.25) is 0 Å². The standard InChI is InChI=1S/C28H17N3S/c1-2-6-18(7-3-1)22-11-13-24-27(30-22)26-23(31(24)19-14-16-29-17-15-19)12-10-21-20-8-4-5-9-25(20)32-28(21)26/h1-17H. The van der Waals surface area contributed by atoms with Crippen molar-refractivity contribution in [1.29, 1.82) is 0 Å². The topological polar surface area (TPSA) is 30.7 Å². The second kappa shape index (κ2) is 6.74. The third kappa shape index (κ3) is 2.47. The van der Waals surface area contributed by atoms with Gasteiger partial charge in [-0.05, 0) is 36.4 Å². The SMILES string of the molecule is c1ccc(-c2ccc3c(n2)c2c4sc5ccccc5c4ccc2n3-c2ccncc2)cc1. The van der Waals surface area contributed by atoms with E-state index >= 15 is 0 Å². The van der Waals surface area contributed by atoms with Gasteiger partial charge in [-0.3, -0.25) is 4.98 Å². The zero-order chi connectivity index (χ0) is 21.1. The highest BCUT2D eigenvalue weighted by atomic mass is 32.1. The Morgan fingerprint density at radius 1 is 0.656 bits per heavy atom. The normalized spacial score (nSPS) is 11.8. The van der Waals surface area contributed by atoms with Gasteiger partial charge in [-0.15, -0.1) is 11.3 Å². The van der Waals surface area contributed by atoms with E-state index < -0.39 is 0 Å². The molecule has 150 valence electrons. The molecule has 0 atom stereocenters. The van der Waals surface area contributed by atoms with Crippen LogP contribution in [0.5, 0.6) is 0 Å². The van der Waals surface area contributed by atoms with Crippen molar-refractivity contribution in [2.45, 2.75) is 0 Å². The minimum atomic E-state index is 0.991. The molecular weight excluding hydrogens is 410 g/mol. The third-order valence-corrected chi connectivity index (χ3v) is 7.31. The minimum absolute atomic E-state index is 0.991. The Balaban J connectivity index is 1.68. The molecule has 4 heterocycles. The van der Waals surface area contributed by atoms with Gasteiger partial charge in [0.25, 0.3) is 0 Å². The molecule has 0 bridgehead atoms. The molecule has 0 radical (unpaired) electrons. The molecule has 3 nitrogen and oxygen atoms in total. The smallest absolute Gasteiger partial charge is 0.0985 e. The Hall–Kier alpha value is -4.02. The lowest BCUT2D eigenvalue weighted by Gasteiger charge is -2.07. The molecule has 3 aromatic carbocycles. The molecule has 0 aliphatic heterocycles. The van der Waals surface area contributed by atoms with Gasteiger partial charge in [0.15, 0.2) is 0 Å². The van der Waals surface area contributed by atoms with Crippen molar-refractivity contribution in [2.75, 3.05) is 0 Å². The highest BCUT2D eigenvalue weighted by molar-refractivity contribution is 7.26. The van der Waals surface area contributed by atoms with Crippen LogP contribution in [0.1, 0.15) is 0 Å². The molecule has 7 rings (SSSR count). The van der Waals surface area contributed by atoms with E-state index in [-0.39, 0.29) is 0 Å². The second-order valence-electron chi connectivity index (χ2n) is 7.91. The van der Waals surface area contributed by atoms with Crippen LogP contribution in [0.15, 0.2) is 103 Å². The van der Waals surface area contributed by atoms with E-state index in [2.05, 4.69) is 94.5 Å². The molecular formula is C28H17N3S. The molecule has 0 aliphatic carbocycles.